The molecule has 0 radical (unpaired) electrons. The average molecular weight is 368 g/mol. The van der Waals surface area contributed by atoms with E-state index in [0.29, 0.717) is 49.5 Å². The minimum absolute atomic E-state index is 0.0457. The fraction of sp³-hybridized carbons (Fsp3) is 0.409. The van der Waals surface area contributed by atoms with Crippen molar-refractivity contribution in [1.82, 2.24) is 9.80 Å². The molecule has 2 aromatic carbocycles. The standard InChI is InChI=1S/C22H28N2O3/c1-23(2)17-22(26)13-8-15-24(16-14-22)21(25)19-11-6-7-12-20(19)27-18-9-4-3-5-10-18/h3-7,9-12,26H,8,13-17H2,1-2H3. The number of nitrogens with zero attached hydrogens (tertiary/aromatic N) is 2. The van der Waals surface area contributed by atoms with E-state index < -0.39 is 5.60 Å². The molecule has 1 heterocycles. The lowest BCUT2D eigenvalue weighted by atomic mass is 9.94. The summed E-state index contributed by atoms with van der Waals surface area (Å²) < 4.78 is 5.94. The van der Waals surface area contributed by atoms with Gasteiger partial charge in [0.2, 0.25) is 0 Å². The number of carbonyl (C=O) groups is 1. The van der Waals surface area contributed by atoms with E-state index >= 15 is 0 Å². The molecule has 5 nitrogen and oxygen atoms in total. The van der Waals surface area contributed by atoms with Crippen LogP contribution in [0.15, 0.2) is 54.6 Å². The summed E-state index contributed by atoms with van der Waals surface area (Å²) in [6.45, 7) is 1.81. The predicted molar refractivity (Wildman–Crippen MR) is 106 cm³/mol. The molecule has 1 aliphatic heterocycles. The number of likely N-dealkylation sites (N-methyl/N-ethyl adjacent to an activating group) is 1. The van der Waals surface area contributed by atoms with Crippen molar-refractivity contribution >= 4 is 5.91 Å². The molecule has 1 fully saturated rings. The van der Waals surface area contributed by atoms with Crippen molar-refractivity contribution in [3.63, 3.8) is 0 Å². The van der Waals surface area contributed by atoms with Crippen molar-refractivity contribution in [1.29, 1.82) is 0 Å². The Hall–Kier alpha value is -2.37. The Bertz CT molecular complexity index is 763. The van der Waals surface area contributed by atoms with E-state index in [1.807, 2.05) is 72.4 Å². The first-order valence-corrected chi connectivity index (χ1v) is 9.45. The van der Waals surface area contributed by atoms with Crippen LogP contribution in [0.25, 0.3) is 0 Å². The SMILES string of the molecule is CN(C)CC1(O)CCCN(C(=O)c2ccccc2Oc2ccccc2)CC1. The number of benzene rings is 2. The van der Waals surface area contributed by atoms with Crippen LogP contribution in [-0.4, -0.2) is 60.1 Å². The number of rotatable bonds is 5. The van der Waals surface area contributed by atoms with Crippen molar-refractivity contribution in [3.8, 4) is 11.5 Å². The number of hydrogen-bond donors (Lipinski definition) is 1. The monoisotopic (exact) mass is 368 g/mol. The summed E-state index contributed by atoms with van der Waals surface area (Å²) in [5, 5.41) is 10.8. The van der Waals surface area contributed by atoms with Gasteiger partial charge in [-0.3, -0.25) is 4.79 Å². The van der Waals surface area contributed by atoms with Crippen molar-refractivity contribution in [3.05, 3.63) is 60.2 Å². The van der Waals surface area contributed by atoms with E-state index in [-0.39, 0.29) is 5.91 Å². The summed E-state index contributed by atoms with van der Waals surface area (Å²) in [5.41, 5.74) is -0.183. The van der Waals surface area contributed by atoms with E-state index in [9.17, 15) is 9.90 Å². The summed E-state index contributed by atoms with van der Waals surface area (Å²) in [6.07, 6.45) is 2.08. The third kappa shape index (κ3) is 5.08. The first kappa shape index (κ1) is 19.4. The van der Waals surface area contributed by atoms with Crippen LogP contribution in [0, 0.1) is 0 Å². The summed E-state index contributed by atoms with van der Waals surface area (Å²) >= 11 is 0. The number of likely N-dealkylation sites (tertiary alicyclic amines) is 1. The van der Waals surface area contributed by atoms with Crippen LogP contribution in [0.4, 0.5) is 0 Å². The van der Waals surface area contributed by atoms with E-state index in [1.165, 1.54) is 0 Å². The zero-order valence-corrected chi connectivity index (χ0v) is 16.1. The van der Waals surface area contributed by atoms with Gasteiger partial charge in [-0.15, -0.1) is 0 Å². The van der Waals surface area contributed by atoms with E-state index in [1.54, 1.807) is 6.07 Å². The van der Waals surface area contributed by atoms with Gasteiger partial charge in [-0.2, -0.15) is 0 Å². The molecule has 0 bridgehead atoms. The van der Waals surface area contributed by atoms with E-state index in [4.69, 9.17) is 4.74 Å². The second-order valence-corrected chi connectivity index (χ2v) is 7.52. The van der Waals surface area contributed by atoms with Crippen LogP contribution in [0.1, 0.15) is 29.6 Å². The summed E-state index contributed by atoms with van der Waals surface area (Å²) in [5.74, 6) is 1.21. The smallest absolute Gasteiger partial charge is 0.257 e. The molecule has 0 spiro atoms. The lowest BCUT2D eigenvalue weighted by Gasteiger charge is -2.30. The molecule has 0 saturated carbocycles. The number of hydrogen-bond acceptors (Lipinski definition) is 4. The van der Waals surface area contributed by atoms with Crippen LogP contribution in [0.5, 0.6) is 11.5 Å². The summed E-state index contributed by atoms with van der Waals surface area (Å²) in [4.78, 5) is 17.0. The number of ether oxygens (including phenoxy) is 1. The normalized spacial score (nSPS) is 20.4. The molecule has 0 aliphatic carbocycles. The Balaban J connectivity index is 1.74. The maximum Gasteiger partial charge on any atom is 0.257 e. The maximum absolute atomic E-state index is 13.2. The zero-order valence-electron chi connectivity index (χ0n) is 16.1. The largest absolute Gasteiger partial charge is 0.457 e. The van der Waals surface area contributed by atoms with Gasteiger partial charge < -0.3 is 19.6 Å². The van der Waals surface area contributed by atoms with Crippen LogP contribution in [0.3, 0.4) is 0 Å². The Labute approximate surface area is 161 Å². The number of aliphatic hydroxyl groups is 1. The molecule has 1 saturated heterocycles. The second kappa shape index (κ2) is 8.55. The predicted octanol–water partition coefficient (Wildman–Crippen LogP) is 3.40. The van der Waals surface area contributed by atoms with Gasteiger partial charge in [0.1, 0.15) is 11.5 Å². The lowest BCUT2D eigenvalue weighted by molar-refractivity contribution is 0.00305. The molecular weight excluding hydrogens is 340 g/mol. The van der Waals surface area contributed by atoms with Gasteiger partial charge in [-0.1, -0.05) is 30.3 Å². The van der Waals surface area contributed by atoms with Crippen LogP contribution in [0.2, 0.25) is 0 Å². The van der Waals surface area contributed by atoms with Crippen LogP contribution >= 0.6 is 0 Å². The minimum Gasteiger partial charge on any atom is -0.457 e. The third-order valence-corrected chi connectivity index (χ3v) is 4.90. The van der Waals surface area contributed by atoms with Gasteiger partial charge in [0, 0.05) is 19.6 Å². The Morgan fingerprint density at radius 1 is 1.07 bits per heavy atom. The molecule has 5 heteroatoms. The van der Waals surface area contributed by atoms with Crippen molar-refractivity contribution in [2.45, 2.75) is 24.9 Å². The summed E-state index contributed by atoms with van der Waals surface area (Å²) in [6, 6.07) is 16.8. The molecule has 2 aromatic rings. The molecular formula is C22H28N2O3. The first-order valence-electron chi connectivity index (χ1n) is 9.45. The van der Waals surface area contributed by atoms with E-state index in [2.05, 4.69) is 0 Å². The molecule has 144 valence electrons. The molecule has 1 aliphatic rings. The van der Waals surface area contributed by atoms with Crippen LogP contribution < -0.4 is 4.74 Å². The molecule has 1 atom stereocenters. The first-order chi connectivity index (χ1) is 13.0. The summed E-state index contributed by atoms with van der Waals surface area (Å²) in [7, 11) is 3.92. The lowest BCUT2D eigenvalue weighted by Crippen LogP contribution is -2.41. The van der Waals surface area contributed by atoms with E-state index in [0.717, 1.165) is 6.42 Å². The van der Waals surface area contributed by atoms with Gasteiger partial charge >= 0.3 is 0 Å². The molecule has 0 aromatic heterocycles. The van der Waals surface area contributed by atoms with Crippen LogP contribution in [-0.2, 0) is 0 Å². The van der Waals surface area contributed by atoms with Crippen molar-refractivity contribution in [2.24, 2.45) is 0 Å². The molecule has 1 N–H and O–H groups in total. The average Bonchev–Trinajstić information content (AvgIpc) is 2.83. The molecule has 27 heavy (non-hydrogen) atoms. The Morgan fingerprint density at radius 3 is 2.52 bits per heavy atom. The quantitative estimate of drug-likeness (QED) is 0.879. The zero-order chi connectivity index (χ0) is 19.3. The fourth-order valence-corrected chi connectivity index (χ4v) is 3.65. The molecule has 1 amide bonds. The second-order valence-electron chi connectivity index (χ2n) is 7.52. The Kier molecular flexibility index (Phi) is 6.14. The molecule has 1 unspecified atom stereocenters. The third-order valence-electron chi connectivity index (χ3n) is 4.90. The molecule has 3 rings (SSSR count). The topological polar surface area (TPSA) is 53.0 Å². The number of para-hydroxylation sites is 2. The maximum atomic E-state index is 13.2. The van der Waals surface area contributed by atoms with Crippen molar-refractivity contribution < 1.29 is 14.6 Å². The van der Waals surface area contributed by atoms with Gasteiger partial charge in [0.25, 0.3) is 5.91 Å². The highest BCUT2D eigenvalue weighted by atomic mass is 16.5. The van der Waals surface area contributed by atoms with Gasteiger partial charge in [0.15, 0.2) is 0 Å². The fourth-order valence-electron chi connectivity index (χ4n) is 3.65. The Morgan fingerprint density at radius 2 is 1.78 bits per heavy atom. The highest BCUT2D eigenvalue weighted by molar-refractivity contribution is 5.97. The number of carbonyl (C=O) groups excluding carboxylic acids is 1. The minimum atomic E-state index is -0.738. The number of amides is 1. The van der Waals surface area contributed by atoms with Crippen molar-refractivity contribution in [2.75, 3.05) is 33.7 Å². The van der Waals surface area contributed by atoms with Gasteiger partial charge in [0.05, 0.1) is 11.2 Å². The highest BCUT2D eigenvalue weighted by Gasteiger charge is 2.32. The highest BCUT2D eigenvalue weighted by Crippen LogP contribution is 2.28. The van der Waals surface area contributed by atoms with Gasteiger partial charge in [-0.05, 0) is 57.6 Å². The van der Waals surface area contributed by atoms with Gasteiger partial charge in [-0.25, -0.2) is 0 Å².